The van der Waals surface area contributed by atoms with Gasteiger partial charge < -0.3 is 15.4 Å². The van der Waals surface area contributed by atoms with Crippen molar-refractivity contribution in [2.75, 3.05) is 18.5 Å². The Hall–Kier alpha value is -3.23. The molecule has 8 heteroatoms. The quantitative estimate of drug-likeness (QED) is 0.362. The van der Waals surface area contributed by atoms with Gasteiger partial charge in [0.05, 0.1) is 11.1 Å². The molecule has 33 heavy (non-hydrogen) atoms. The molecule has 3 N–H and O–H groups in total. The lowest BCUT2D eigenvalue weighted by Crippen LogP contribution is -2.34. The molecule has 3 aromatic carbocycles. The van der Waals surface area contributed by atoms with Gasteiger partial charge in [0.25, 0.3) is 11.8 Å². The Bertz CT molecular complexity index is 1120. The molecule has 3 rings (SSSR count). The van der Waals surface area contributed by atoms with Crippen LogP contribution in [-0.2, 0) is 6.42 Å². The zero-order chi connectivity index (χ0) is 23.6. The summed E-state index contributed by atoms with van der Waals surface area (Å²) in [5.41, 5.74) is 2.85. The summed E-state index contributed by atoms with van der Waals surface area (Å²) in [6.45, 7) is 2.95. The zero-order valence-corrected chi connectivity index (χ0v) is 20.5. The van der Waals surface area contributed by atoms with Crippen molar-refractivity contribution in [2.24, 2.45) is 0 Å². The molecule has 0 atom stereocenters. The fourth-order valence-corrected chi connectivity index (χ4v) is 3.69. The summed E-state index contributed by atoms with van der Waals surface area (Å²) in [5.74, 6) is 0.177. The number of nitrogens with one attached hydrogen (secondary N) is 3. The second kappa shape index (κ2) is 12.1. The Kier molecular flexibility index (Phi) is 8.97. The van der Waals surface area contributed by atoms with E-state index in [9.17, 15) is 9.59 Å². The number of thiocarbonyl (C=S) groups is 1. The number of rotatable bonds is 8. The van der Waals surface area contributed by atoms with Crippen LogP contribution >= 0.6 is 28.1 Å². The Labute approximate surface area is 206 Å². The highest BCUT2D eigenvalue weighted by Crippen LogP contribution is 2.26. The zero-order valence-electron chi connectivity index (χ0n) is 18.1. The average molecular weight is 526 g/mol. The molecule has 0 saturated heterocycles. The highest BCUT2D eigenvalue weighted by atomic mass is 79.9. The molecular formula is C25H24BrN3O3S. The Morgan fingerprint density at radius 3 is 2.30 bits per heavy atom. The van der Waals surface area contributed by atoms with E-state index in [1.165, 1.54) is 5.56 Å². The van der Waals surface area contributed by atoms with Crippen LogP contribution in [0.25, 0.3) is 0 Å². The molecule has 0 spiro atoms. The molecule has 0 fully saturated rings. The van der Waals surface area contributed by atoms with E-state index in [4.69, 9.17) is 17.0 Å². The molecule has 0 saturated carbocycles. The van der Waals surface area contributed by atoms with Gasteiger partial charge in [0, 0.05) is 29.8 Å². The number of carbonyl (C=O) groups excluding carboxylic acids is 2. The van der Waals surface area contributed by atoms with Gasteiger partial charge in [-0.25, -0.2) is 0 Å². The maximum atomic E-state index is 12.6. The largest absolute Gasteiger partial charge is 0.492 e. The molecule has 0 unspecified atom stereocenters. The van der Waals surface area contributed by atoms with Crippen LogP contribution in [0.15, 0.2) is 77.3 Å². The smallest absolute Gasteiger partial charge is 0.257 e. The molecule has 0 radical (unpaired) electrons. The lowest BCUT2D eigenvalue weighted by Gasteiger charge is -2.12. The van der Waals surface area contributed by atoms with Crippen molar-refractivity contribution in [3.05, 3.63) is 94.0 Å². The van der Waals surface area contributed by atoms with Crippen LogP contribution in [0, 0.1) is 0 Å². The molecule has 3 aromatic rings. The van der Waals surface area contributed by atoms with E-state index < -0.39 is 0 Å². The van der Waals surface area contributed by atoms with Crippen LogP contribution < -0.4 is 20.7 Å². The van der Waals surface area contributed by atoms with Gasteiger partial charge in [-0.05, 0) is 83.1 Å². The van der Waals surface area contributed by atoms with Crippen molar-refractivity contribution in [1.82, 2.24) is 10.6 Å². The second-order valence-corrected chi connectivity index (χ2v) is 8.34. The van der Waals surface area contributed by atoms with Crippen molar-refractivity contribution >= 4 is 50.8 Å². The van der Waals surface area contributed by atoms with E-state index in [2.05, 4.69) is 44.0 Å². The first-order valence-corrected chi connectivity index (χ1v) is 11.6. The maximum absolute atomic E-state index is 12.6. The van der Waals surface area contributed by atoms with Crippen molar-refractivity contribution in [3.63, 3.8) is 0 Å². The minimum Gasteiger partial charge on any atom is -0.492 e. The number of amides is 2. The van der Waals surface area contributed by atoms with Gasteiger partial charge in [0.2, 0.25) is 0 Å². The summed E-state index contributed by atoms with van der Waals surface area (Å²) < 4.78 is 6.52. The molecule has 0 aliphatic carbocycles. The lowest BCUT2D eigenvalue weighted by atomic mass is 10.2. The van der Waals surface area contributed by atoms with Gasteiger partial charge in [0.1, 0.15) is 5.75 Å². The fourth-order valence-electron chi connectivity index (χ4n) is 2.99. The van der Waals surface area contributed by atoms with Gasteiger partial charge in [0.15, 0.2) is 5.11 Å². The van der Waals surface area contributed by atoms with E-state index in [1.54, 1.807) is 42.5 Å². The minimum absolute atomic E-state index is 0.141. The van der Waals surface area contributed by atoms with E-state index in [0.29, 0.717) is 40.2 Å². The molecule has 0 aliphatic heterocycles. The predicted molar refractivity (Wildman–Crippen MR) is 138 cm³/mol. The number of hydrogen-bond donors (Lipinski definition) is 3. The Morgan fingerprint density at radius 1 is 0.939 bits per heavy atom. The third-order valence-electron chi connectivity index (χ3n) is 4.65. The molecule has 0 bridgehead atoms. The minimum atomic E-state index is -0.344. The van der Waals surface area contributed by atoms with Crippen molar-refractivity contribution in [1.29, 1.82) is 0 Å². The number of anilines is 1. The highest BCUT2D eigenvalue weighted by Gasteiger charge is 2.12. The van der Waals surface area contributed by atoms with Gasteiger partial charge in [-0.1, -0.05) is 30.3 Å². The van der Waals surface area contributed by atoms with Crippen molar-refractivity contribution in [2.45, 2.75) is 13.3 Å². The van der Waals surface area contributed by atoms with Crippen LogP contribution in [0.4, 0.5) is 5.69 Å². The first kappa shape index (κ1) is 24.4. The molecule has 2 amide bonds. The van der Waals surface area contributed by atoms with Gasteiger partial charge in [-0.2, -0.15) is 0 Å². The van der Waals surface area contributed by atoms with E-state index in [1.807, 2.05) is 25.1 Å². The standard InChI is InChI=1S/C25H24BrN3O3S/c1-2-27-23(30)18-8-11-20(12-9-18)28-25(33)29-24(31)19-10-13-22(21(26)16-19)32-15-14-17-6-4-3-5-7-17/h3-13,16H,2,14-15H2,1H3,(H,27,30)(H2,28,29,31,33). The number of benzene rings is 3. The summed E-state index contributed by atoms with van der Waals surface area (Å²) in [4.78, 5) is 24.4. The third kappa shape index (κ3) is 7.40. The van der Waals surface area contributed by atoms with Crippen LogP contribution in [0.5, 0.6) is 5.75 Å². The monoisotopic (exact) mass is 525 g/mol. The summed E-state index contributed by atoms with van der Waals surface area (Å²) in [6.07, 6.45) is 0.791. The molecule has 170 valence electrons. The highest BCUT2D eigenvalue weighted by molar-refractivity contribution is 9.10. The molecule has 6 nitrogen and oxygen atoms in total. The Balaban J connectivity index is 1.51. The number of hydrogen-bond acceptors (Lipinski definition) is 4. The normalized spacial score (nSPS) is 10.2. The molecular weight excluding hydrogens is 502 g/mol. The summed E-state index contributed by atoms with van der Waals surface area (Å²) in [7, 11) is 0. The van der Waals surface area contributed by atoms with Crippen LogP contribution in [-0.4, -0.2) is 30.1 Å². The summed E-state index contributed by atoms with van der Waals surface area (Å²) in [6, 6.07) is 22.0. The topological polar surface area (TPSA) is 79.5 Å². The van der Waals surface area contributed by atoms with Crippen molar-refractivity contribution in [3.8, 4) is 5.75 Å². The third-order valence-corrected chi connectivity index (χ3v) is 5.48. The first-order valence-electron chi connectivity index (χ1n) is 10.4. The lowest BCUT2D eigenvalue weighted by molar-refractivity contribution is 0.0953. The number of ether oxygens (including phenoxy) is 1. The number of halogens is 1. The SMILES string of the molecule is CCNC(=O)c1ccc(NC(=S)NC(=O)c2ccc(OCCc3ccccc3)c(Br)c2)cc1. The predicted octanol–water partition coefficient (Wildman–Crippen LogP) is 4.95. The number of carbonyl (C=O) groups is 2. The summed E-state index contributed by atoms with van der Waals surface area (Å²) in [5, 5.41) is 8.49. The van der Waals surface area contributed by atoms with Crippen LogP contribution in [0.2, 0.25) is 0 Å². The molecule has 0 aliphatic rings. The van der Waals surface area contributed by atoms with E-state index >= 15 is 0 Å². The van der Waals surface area contributed by atoms with Gasteiger partial charge in [-0.3, -0.25) is 14.9 Å². The average Bonchev–Trinajstić information content (AvgIpc) is 2.81. The fraction of sp³-hybridized carbons (Fsp3) is 0.160. The first-order chi connectivity index (χ1) is 16.0. The summed E-state index contributed by atoms with van der Waals surface area (Å²) >= 11 is 8.71. The van der Waals surface area contributed by atoms with Crippen LogP contribution in [0.1, 0.15) is 33.2 Å². The maximum Gasteiger partial charge on any atom is 0.257 e. The molecule has 0 aromatic heterocycles. The van der Waals surface area contributed by atoms with Crippen molar-refractivity contribution < 1.29 is 14.3 Å². The van der Waals surface area contributed by atoms with E-state index in [0.717, 1.165) is 6.42 Å². The van der Waals surface area contributed by atoms with Crippen LogP contribution in [0.3, 0.4) is 0 Å². The second-order valence-electron chi connectivity index (χ2n) is 7.07. The van der Waals surface area contributed by atoms with E-state index in [-0.39, 0.29) is 16.9 Å². The van der Waals surface area contributed by atoms with Gasteiger partial charge >= 0.3 is 0 Å². The van der Waals surface area contributed by atoms with Gasteiger partial charge in [-0.15, -0.1) is 0 Å². The Morgan fingerprint density at radius 2 is 1.64 bits per heavy atom. The molecule has 0 heterocycles.